The molecule has 5 rings (SSSR count). The Labute approximate surface area is 255 Å². The largest absolute Gasteiger partial charge is 0.481 e. The van der Waals surface area contributed by atoms with Gasteiger partial charge in [0.1, 0.15) is 4.75 Å². The number of aliphatic carboxylic acids is 1. The molecule has 1 heterocycles. The van der Waals surface area contributed by atoms with E-state index in [4.69, 9.17) is 0 Å². The molecule has 246 valence electrons. The van der Waals surface area contributed by atoms with E-state index in [1.54, 1.807) is 19.9 Å². The molecule has 1 saturated carbocycles. The standard InChI is InChI=1S/C31H32F7NO5S/c1-18-4-3-5-22(16-18)45(43,44)28-14-15-39(26(42)27(2)12-10-19(11-13-27)25(40)41)24(28)9-6-20-17-21(7-8-23(20)28)29(32,30(33,34)35)31(36,37)38/h3-5,7-8,16-17,19,24H,6,9-15H2,1-2H3,(H,40,41)/t19-,24?,27-,28?. The van der Waals surface area contributed by atoms with Crippen LogP contribution in [0.5, 0.6) is 0 Å². The Morgan fingerprint density at radius 2 is 1.53 bits per heavy atom. The Bertz CT molecular complexity index is 1620. The zero-order valence-electron chi connectivity index (χ0n) is 24.4. The molecule has 2 aromatic rings. The van der Waals surface area contributed by atoms with Crippen molar-refractivity contribution >= 4 is 21.7 Å². The third-order valence-corrected chi connectivity index (χ3v) is 12.6. The Balaban J connectivity index is 1.65. The first-order valence-electron chi connectivity index (χ1n) is 14.5. The van der Waals surface area contributed by atoms with E-state index in [2.05, 4.69) is 0 Å². The summed E-state index contributed by atoms with van der Waals surface area (Å²) < 4.78 is 124. The number of hydrogen-bond donors (Lipinski definition) is 1. The van der Waals surface area contributed by atoms with Gasteiger partial charge in [0.2, 0.25) is 5.91 Å². The number of aryl methyl sites for hydroxylation is 2. The van der Waals surface area contributed by atoms with Crippen molar-refractivity contribution in [3.8, 4) is 0 Å². The van der Waals surface area contributed by atoms with Crippen LogP contribution < -0.4 is 0 Å². The minimum absolute atomic E-state index is 0.0637. The summed E-state index contributed by atoms with van der Waals surface area (Å²) in [5.74, 6) is -1.96. The maximum atomic E-state index is 15.1. The molecule has 0 radical (unpaired) electrons. The molecule has 3 aliphatic rings. The molecule has 14 heteroatoms. The highest BCUT2D eigenvalue weighted by molar-refractivity contribution is 7.92. The van der Waals surface area contributed by atoms with Gasteiger partial charge in [0.15, 0.2) is 9.84 Å². The lowest BCUT2D eigenvalue weighted by Gasteiger charge is -2.45. The van der Waals surface area contributed by atoms with Gasteiger partial charge < -0.3 is 10.0 Å². The highest BCUT2D eigenvalue weighted by Gasteiger charge is 2.74. The van der Waals surface area contributed by atoms with Gasteiger partial charge in [-0.15, -0.1) is 0 Å². The van der Waals surface area contributed by atoms with Crippen molar-refractivity contribution in [2.75, 3.05) is 6.54 Å². The van der Waals surface area contributed by atoms with Crippen molar-refractivity contribution < 1.29 is 53.8 Å². The van der Waals surface area contributed by atoms with Crippen LogP contribution in [0.2, 0.25) is 0 Å². The maximum absolute atomic E-state index is 15.1. The fraction of sp³-hybridized carbons (Fsp3) is 0.548. The number of carbonyl (C=O) groups is 2. The molecule has 0 bridgehead atoms. The summed E-state index contributed by atoms with van der Waals surface area (Å²) in [7, 11) is -4.45. The van der Waals surface area contributed by atoms with Gasteiger partial charge in [-0.05, 0) is 80.7 Å². The molecule has 2 aliphatic carbocycles. The number of carboxylic acid groups (broad SMARTS) is 1. The van der Waals surface area contributed by atoms with Crippen molar-refractivity contribution in [1.29, 1.82) is 0 Å². The van der Waals surface area contributed by atoms with Crippen LogP contribution in [0.3, 0.4) is 0 Å². The number of amides is 1. The molecule has 2 fully saturated rings. The van der Waals surface area contributed by atoms with Crippen LogP contribution in [0, 0.1) is 18.3 Å². The molecular formula is C31H32F7NO5S. The van der Waals surface area contributed by atoms with Crippen LogP contribution in [-0.2, 0) is 36.3 Å². The molecule has 2 aromatic carbocycles. The second-order valence-corrected chi connectivity index (χ2v) is 14.9. The summed E-state index contributed by atoms with van der Waals surface area (Å²) in [5.41, 5.74) is -8.02. The lowest BCUT2D eigenvalue weighted by Crippen LogP contribution is -2.55. The quantitative estimate of drug-likeness (QED) is 0.356. The maximum Gasteiger partial charge on any atom is 0.435 e. The number of hydrogen-bond acceptors (Lipinski definition) is 4. The fourth-order valence-electron chi connectivity index (χ4n) is 7.53. The highest BCUT2D eigenvalue weighted by Crippen LogP contribution is 2.57. The molecule has 6 nitrogen and oxygen atoms in total. The van der Waals surface area contributed by atoms with Crippen LogP contribution in [0.25, 0.3) is 0 Å². The van der Waals surface area contributed by atoms with Gasteiger partial charge in [-0.3, -0.25) is 9.59 Å². The van der Waals surface area contributed by atoms with Crippen LogP contribution in [0.4, 0.5) is 30.7 Å². The van der Waals surface area contributed by atoms with Gasteiger partial charge in [0.05, 0.1) is 16.9 Å². The number of carboxylic acids is 1. The summed E-state index contributed by atoms with van der Waals surface area (Å²) in [6.07, 6.45) is -12.2. The summed E-state index contributed by atoms with van der Waals surface area (Å²) in [6.45, 7) is 3.29. The van der Waals surface area contributed by atoms with E-state index in [0.29, 0.717) is 17.7 Å². The summed E-state index contributed by atoms with van der Waals surface area (Å²) in [6, 6.07) is 6.52. The van der Waals surface area contributed by atoms with Gasteiger partial charge in [-0.2, -0.15) is 26.3 Å². The first-order chi connectivity index (χ1) is 20.7. The molecule has 1 N–H and O–H groups in total. The average Bonchev–Trinajstić information content (AvgIpc) is 3.36. The number of carbonyl (C=O) groups excluding carboxylic acids is 1. The van der Waals surface area contributed by atoms with Gasteiger partial charge in [-0.1, -0.05) is 37.3 Å². The number of sulfone groups is 1. The number of nitrogens with zero attached hydrogens (tertiary/aromatic N) is 1. The Hall–Kier alpha value is -3.16. The zero-order valence-corrected chi connectivity index (χ0v) is 25.3. The second kappa shape index (κ2) is 10.7. The van der Waals surface area contributed by atoms with E-state index in [9.17, 15) is 49.5 Å². The molecule has 2 unspecified atom stereocenters. The van der Waals surface area contributed by atoms with E-state index in [0.717, 1.165) is 6.07 Å². The number of rotatable bonds is 5. The Morgan fingerprint density at radius 1 is 0.911 bits per heavy atom. The first-order valence-corrected chi connectivity index (χ1v) is 16.0. The predicted molar refractivity (Wildman–Crippen MR) is 148 cm³/mol. The van der Waals surface area contributed by atoms with Gasteiger partial charge in [0, 0.05) is 17.5 Å². The monoisotopic (exact) mass is 663 g/mol. The van der Waals surface area contributed by atoms with Crippen LogP contribution in [0.15, 0.2) is 47.4 Å². The van der Waals surface area contributed by atoms with Crippen molar-refractivity contribution in [2.45, 2.75) is 92.5 Å². The van der Waals surface area contributed by atoms with Crippen molar-refractivity contribution in [3.05, 3.63) is 64.7 Å². The van der Waals surface area contributed by atoms with Crippen molar-refractivity contribution in [3.63, 3.8) is 0 Å². The molecule has 0 aromatic heterocycles. The number of alkyl halides is 7. The van der Waals surface area contributed by atoms with Gasteiger partial charge in [-0.25, -0.2) is 12.8 Å². The smallest absolute Gasteiger partial charge is 0.435 e. The third kappa shape index (κ3) is 4.93. The molecule has 0 spiro atoms. The van der Waals surface area contributed by atoms with E-state index >= 15 is 4.39 Å². The topological polar surface area (TPSA) is 91.8 Å². The van der Waals surface area contributed by atoms with Crippen molar-refractivity contribution in [1.82, 2.24) is 4.90 Å². The van der Waals surface area contributed by atoms with Gasteiger partial charge >= 0.3 is 24.0 Å². The second-order valence-electron chi connectivity index (χ2n) is 12.7. The lowest BCUT2D eigenvalue weighted by molar-refractivity contribution is -0.348. The SMILES string of the molecule is Cc1cccc(S(=O)(=O)C23CCN(C(=O)[C@]4(C)CC[C@@H](C(=O)O)CC4)C2CCc2cc(C(F)(C(F)(F)F)C(F)(F)F)ccc23)c1. The fourth-order valence-corrected chi connectivity index (χ4v) is 10.00. The predicted octanol–water partition coefficient (Wildman–Crippen LogP) is 6.78. The van der Waals surface area contributed by atoms with E-state index in [-0.39, 0.29) is 73.4 Å². The van der Waals surface area contributed by atoms with Crippen molar-refractivity contribution in [2.24, 2.45) is 11.3 Å². The van der Waals surface area contributed by atoms with Crippen LogP contribution in [-0.4, -0.2) is 55.2 Å². The number of halogens is 7. The number of likely N-dealkylation sites (tertiary alicyclic amines) is 1. The molecule has 1 amide bonds. The minimum Gasteiger partial charge on any atom is -0.481 e. The first kappa shape index (κ1) is 33.2. The number of benzene rings is 2. The Morgan fingerprint density at radius 3 is 2.09 bits per heavy atom. The third-order valence-electron chi connectivity index (χ3n) is 10.1. The van der Waals surface area contributed by atoms with Crippen LogP contribution in [0.1, 0.15) is 67.7 Å². The summed E-state index contributed by atoms with van der Waals surface area (Å²) in [5, 5.41) is 9.41. The lowest BCUT2D eigenvalue weighted by atomic mass is 9.70. The molecule has 1 aliphatic heterocycles. The number of fused-ring (bicyclic) bond motifs is 3. The Kier molecular flexibility index (Phi) is 7.90. The molecular weight excluding hydrogens is 631 g/mol. The van der Waals surface area contributed by atoms with Crippen LogP contribution >= 0.6 is 0 Å². The molecule has 2 atom stereocenters. The van der Waals surface area contributed by atoms with E-state index in [1.165, 1.54) is 23.1 Å². The summed E-state index contributed by atoms with van der Waals surface area (Å²) in [4.78, 5) is 26.9. The molecule has 45 heavy (non-hydrogen) atoms. The normalized spacial score (nSPS) is 27.5. The van der Waals surface area contributed by atoms with E-state index < -0.39 is 61.5 Å². The minimum atomic E-state index is -6.34. The molecule has 1 saturated heterocycles. The van der Waals surface area contributed by atoms with Gasteiger partial charge in [0.25, 0.3) is 0 Å². The zero-order chi connectivity index (χ0) is 33.4. The average molecular weight is 664 g/mol. The van der Waals surface area contributed by atoms with E-state index in [1.807, 2.05) is 0 Å². The summed E-state index contributed by atoms with van der Waals surface area (Å²) >= 11 is 0. The highest BCUT2D eigenvalue weighted by atomic mass is 32.2.